The van der Waals surface area contributed by atoms with Gasteiger partial charge < -0.3 is 31.2 Å². The minimum Gasteiger partial charge on any atom is -0.497 e. The summed E-state index contributed by atoms with van der Waals surface area (Å²) >= 11 is 0. The van der Waals surface area contributed by atoms with E-state index in [0.29, 0.717) is 130 Å². The Balaban J connectivity index is 0.000000144. The summed E-state index contributed by atoms with van der Waals surface area (Å²) in [4.78, 5) is 94.6. The van der Waals surface area contributed by atoms with E-state index in [1.807, 2.05) is 217 Å². The van der Waals surface area contributed by atoms with Crippen molar-refractivity contribution < 1.29 is 9.47 Å². The molecule has 0 unspecified atom stereocenters. The molecule has 5 N–H and O–H groups in total. The van der Waals surface area contributed by atoms with Gasteiger partial charge in [-0.05, 0) is 162 Å². The van der Waals surface area contributed by atoms with Crippen LogP contribution in [0.5, 0.6) is 11.5 Å². The first-order chi connectivity index (χ1) is 52.9. The molecule has 0 amide bonds. The number of ether oxygens (including phenoxy) is 2. The van der Waals surface area contributed by atoms with Crippen molar-refractivity contribution in [3.8, 4) is 62.1 Å². The van der Waals surface area contributed by atoms with Gasteiger partial charge in [0.05, 0.1) is 107 Å². The standard InChI is InChI=1S/C29H27N5O.2C28H23N7O2/c1-18-12-13-22(30)17-26(18)32-20(3)28-33-25-11-7-10-24(21-14-15-31-19(2)16-21)27(25)29(35)34(28)23-8-5-4-6-9-23;1-17(32-26-24(29-3)16-31-18(2)33-26)27-34-23-12-8-11-22(19-13-21(37-4)15-30-14-19)25(23)28(36)35(27)20-9-6-5-7-10-20;1-17(32-26-24(29-3)16-31-18(2)33-26)27-34-22-12-8-11-21(23-15-20(37-4)13-14-30-23)25(22)28(36)35(27)19-9-6-5-7-10-19/h4-17,20,32H,30H2,1-3H3;2*5-17H,1-2,4H3,(H,31,32,33)/t20-;2*17-/m000/s1. The maximum absolute atomic E-state index is 14.2. The number of nitrogens with zero attached hydrogens (tertiary/aromatic N) is 15. The second-order valence-corrected chi connectivity index (χ2v) is 25.5. The average molecular weight is 1440 g/mol. The van der Waals surface area contributed by atoms with E-state index in [9.17, 15) is 14.4 Å². The lowest BCUT2D eigenvalue weighted by atomic mass is 10.0. The molecule has 0 aliphatic carbocycles. The Morgan fingerprint density at radius 2 is 0.881 bits per heavy atom. The summed E-state index contributed by atoms with van der Waals surface area (Å²) < 4.78 is 15.6. The van der Waals surface area contributed by atoms with E-state index in [4.69, 9.17) is 43.3 Å². The molecule has 7 aromatic carbocycles. The van der Waals surface area contributed by atoms with Gasteiger partial charge in [0.2, 0.25) is 11.4 Å². The number of rotatable bonds is 17. The van der Waals surface area contributed by atoms with Crippen LogP contribution in [0.15, 0.2) is 246 Å². The minimum absolute atomic E-state index is 0.112. The van der Waals surface area contributed by atoms with Gasteiger partial charge in [-0.25, -0.2) is 34.6 Å². The summed E-state index contributed by atoms with van der Waals surface area (Å²) in [5, 5.41) is 11.5. The molecule has 0 fully saturated rings. The van der Waals surface area contributed by atoms with Crippen LogP contribution in [0.1, 0.15) is 79.3 Å². The predicted octanol–water partition coefficient (Wildman–Crippen LogP) is 16.4. The Kier molecular flexibility index (Phi) is 21.4. The number of nitrogens with two attached hydrogens (primary N) is 1. The molecule has 0 saturated carbocycles. The Morgan fingerprint density at radius 3 is 1.35 bits per heavy atom. The maximum Gasteiger partial charge on any atom is 0.266 e. The highest BCUT2D eigenvalue weighted by Gasteiger charge is 2.26. The van der Waals surface area contributed by atoms with E-state index in [2.05, 4.69) is 60.5 Å². The number of hydrogen-bond donors (Lipinski definition) is 4. The second kappa shape index (κ2) is 32.2. The number of fused-ring (bicyclic) bond motifs is 3. The monoisotopic (exact) mass is 1440 g/mol. The van der Waals surface area contributed by atoms with Crippen molar-refractivity contribution in [2.24, 2.45) is 0 Å². The molecule has 0 aliphatic rings. The van der Waals surface area contributed by atoms with Crippen LogP contribution in [0, 0.1) is 40.8 Å². The molecule has 0 radical (unpaired) electrons. The number of aryl methyl sites for hydroxylation is 4. The first-order valence-corrected chi connectivity index (χ1v) is 34.8. The molecule has 0 spiro atoms. The lowest BCUT2D eigenvalue weighted by Crippen LogP contribution is -2.27. The number of nitrogen functional groups attached to an aromatic ring is 1. The number of nitrogens with one attached hydrogen (secondary N) is 3. The molecule has 8 aromatic heterocycles. The number of methoxy groups -OCH3 is 2. The second-order valence-electron chi connectivity index (χ2n) is 25.5. The molecule has 0 bridgehead atoms. The number of anilines is 4. The molecule has 0 aliphatic heterocycles. The molecule has 24 heteroatoms. The Hall–Kier alpha value is -14.7. The van der Waals surface area contributed by atoms with Crippen LogP contribution < -0.4 is 47.8 Å². The van der Waals surface area contributed by atoms with Crippen LogP contribution in [0.4, 0.5) is 34.4 Å². The van der Waals surface area contributed by atoms with Gasteiger partial charge in [0.15, 0.2) is 0 Å². The molecule has 538 valence electrons. The predicted molar refractivity (Wildman–Crippen MR) is 427 cm³/mol. The zero-order chi connectivity index (χ0) is 76.4. The van der Waals surface area contributed by atoms with E-state index in [1.165, 1.54) is 12.4 Å². The van der Waals surface area contributed by atoms with E-state index in [-0.39, 0.29) is 22.7 Å². The van der Waals surface area contributed by atoms with Gasteiger partial charge in [-0.3, -0.25) is 53.0 Å². The van der Waals surface area contributed by atoms with E-state index >= 15 is 0 Å². The summed E-state index contributed by atoms with van der Waals surface area (Å²) in [7, 11) is 3.17. The van der Waals surface area contributed by atoms with Crippen LogP contribution in [-0.2, 0) is 0 Å². The number of benzene rings is 7. The third-order valence-corrected chi connectivity index (χ3v) is 18.0. The van der Waals surface area contributed by atoms with E-state index in [0.717, 1.165) is 39.3 Å². The van der Waals surface area contributed by atoms with Crippen LogP contribution >= 0.6 is 0 Å². The van der Waals surface area contributed by atoms with Crippen molar-refractivity contribution in [2.75, 3.05) is 35.9 Å². The fourth-order valence-corrected chi connectivity index (χ4v) is 12.8. The van der Waals surface area contributed by atoms with Crippen molar-refractivity contribution in [1.29, 1.82) is 0 Å². The molecule has 15 aromatic rings. The number of para-hydroxylation sites is 3. The fourth-order valence-electron chi connectivity index (χ4n) is 12.8. The molecule has 0 saturated heterocycles. The van der Waals surface area contributed by atoms with Crippen LogP contribution in [-0.4, -0.2) is 77.8 Å². The van der Waals surface area contributed by atoms with Gasteiger partial charge >= 0.3 is 0 Å². The number of hydrogen-bond acceptors (Lipinski definition) is 19. The molecular formula is C85H73N19O5. The van der Waals surface area contributed by atoms with E-state index < -0.39 is 12.1 Å². The quantitative estimate of drug-likeness (QED) is 0.0487. The molecule has 8 heterocycles. The highest BCUT2D eigenvalue weighted by atomic mass is 16.5. The highest BCUT2D eigenvalue weighted by molar-refractivity contribution is 5.96. The zero-order valence-corrected chi connectivity index (χ0v) is 61.0. The normalized spacial score (nSPS) is 11.7. The molecule has 24 nitrogen and oxygen atoms in total. The fraction of sp³-hybridized carbons (Fsp3) is 0.141. The SMILES string of the molecule is Cc1cc(-c2cccc3nc([C@H](C)Nc4cc(N)ccc4C)n(-c4ccccc4)c(=O)c23)ccn1.[C-]#[N+]c1cnc(C)nc1N[C@@H](C)c1nc2cccc(-c3cc(OC)ccn3)c2c(=O)n1-c1ccccc1.[C-]#[N+]c1cnc(C)nc1N[C@@H](C)c1nc2cccc(-c3cncc(OC)c3)c2c(=O)n1-c1ccccc1. The summed E-state index contributed by atoms with van der Waals surface area (Å²) in [5.41, 5.74) is 17.9. The first kappa shape index (κ1) is 72.7. The number of pyridine rings is 3. The Morgan fingerprint density at radius 1 is 0.431 bits per heavy atom. The van der Waals surface area contributed by atoms with Crippen molar-refractivity contribution in [3.05, 3.63) is 326 Å². The van der Waals surface area contributed by atoms with Crippen LogP contribution in [0.3, 0.4) is 0 Å². The smallest absolute Gasteiger partial charge is 0.266 e. The zero-order valence-electron chi connectivity index (χ0n) is 61.0. The van der Waals surface area contributed by atoms with Gasteiger partial charge in [0.25, 0.3) is 16.7 Å². The summed E-state index contributed by atoms with van der Waals surface area (Å²) in [6.07, 6.45) is 9.70. The molecule has 15 rings (SSSR count). The van der Waals surface area contributed by atoms with Crippen molar-refractivity contribution in [1.82, 2.24) is 63.5 Å². The Labute approximate surface area is 627 Å². The van der Waals surface area contributed by atoms with Gasteiger partial charge in [0.1, 0.15) is 52.3 Å². The Bertz CT molecular complexity index is 5950. The maximum atomic E-state index is 14.2. The third-order valence-electron chi connectivity index (χ3n) is 18.0. The summed E-state index contributed by atoms with van der Waals surface area (Å²) in [5.74, 6) is 4.66. The van der Waals surface area contributed by atoms with Gasteiger partial charge in [-0.2, -0.15) is 0 Å². The summed E-state index contributed by atoms with van der Waals surface area (Å²) in [6.45, 7) is 28.2. The average Bonchev–Trinajstić information content (AvgIpc) is 0.761. The van der Waals surface area contributed by atoms with Crippen molar-refractivity contribution in [3.63, 3.8) is 0 Å². The molecule has 109 heavy (non-hydrogen) atoms. The third kappa shape index (κ3) is 15.5. The molecule has 3 atom stereocenters. The van der Waals surface area contributed by atoms with Gasteiger partial charge in [-0.1, -0.05) is 97.1 Å². The lowest BCUT2D eigenvalue weighted by Gasteiger charge is -2.22. The van der Waals surface area contributed by atoms with Gasteiger partial charge in [0, 0.05) is 65.2 Å². The van der Waals surface area contributed by atoms with Crippen molar-refractivity contribution >= 4 is 67.1 Å². The molecular weight excluding hydrogens is 1370 g/mol. The summed E-state index contributed by atoms with van der Waals surface area (Å²) in [6, 6.07) is 59.1. The van der Waals surface area contributed by atoms with E-state index in [1.54, 1.807) is 78.7 Å². The van der Waals surface area contributed by atoms with Gasteiger partial charge in [-0.15, -0.1) is 0 Å². The largest absolute Gasteiger partial charge is 0.497 e. The topological polar surface area (TPSA) is 284 Å². The minimum atomic E-state index is -0.467. The first-order valence-electron chi connectivity index (χ1n) is 34.8. The number of aromatic nitrogens is 13. The lowest BCUT2D eigenvalue weighted by molar-refractivity contribution is 0.413. The van der Waals surface area contributed by atoms with Crippen molar-refractivity contribution in [2.45, 2.75) is 66.6 Å². The highest BCUT2D eigenvalue weighted by Crippen LogP contribution is 2.35. The van der Waals surface area contributed by atoms with Crippen LogP contribution in [0.2, 0.25) is 0 Å². The van der Waals surface area contributed by atoms with Crippen LogP contribution in [0.25, 0.3) is 93.0 Å².